The van der Waals surface area contributed by atoms with Crippen LogP contribution in [0.3, 0.4) is 0 Å². The highest BCUT2D eigenvalue weighted by atomic mass is 16.8. The Kier molecular flexibility index (Phi) is 4.25. The second-order valence-electron chi connectivity index (χ2n) is 5.52. The molecule has 5 heteroatoms. The Morgan fingerprint density at radius 3 is 2.89 bits per heavy atom. The lowest BCUT2D eigenvalue weighted by Gasteiger charge is -2.21. The average molecular weight is 256 g/mol. The summed E-state index contributed by atoms with van der Waals surface area (Å²) in [5.74, 6) is -0.544. The van der Waals surface area contributed by atoms with Crippen LogP contribution in [0.1, 0.15) is 40.0 Å². The van der Waals surface area contributed by atoms with Gasteiger partial charge in [0, 0.05) is 13.1 Å². The van der Waals surface area contributed by atoms with E-state index in [0.29, 0.717) is 6.54 Å². The van der Waals surface area contributed by atoms with Crippen molar-refractivity contribution in [3.63, 3.8) is 0 Å². The monoisotopic (exact) mass is 256 g/mol. The van der Waals surface area contributed by atoms with Crippen molar-refractivity contribution in [3.8, 4) is 0 Å². The number of hydrogen-bond donors (Lipinski definition) is 2. The molecule has 3 atom stereocenters. The van der Waals surface area contributed by atoms with Gasteiger partial charge < -0.3 is 20.1 Å². The van der Waals surface area contributed by atoms with E-state index in [4.69, 9.17) is 9.47 Å². The summed E-state index contributed by atoms with van der Waals surface area (Å²) in [6, 6.07) is -0.279. The highest BCUT2D eigenvalue weighted by Crippen LogP contribution is 2.32. The van der Waals surface area contributed by atoms with E-state index in [1.54, 1.807) is 0 Å². The van der Waals surface area contributed by atoms with Gasteiger partial charge >= 0.3 is 0 Å². The summed E-state index contributed by atoms with van der Waals surface area (Å²) in [6.45, 7) is 7.35. The number of carbonyl (C=O) groups excluding carboxylic acids is 1. The maximum Gasteiger partial charge on any atom is 0.239 e. The first-order chi connectivity index (χ1) is 8.53. The number of fused-ring (bicyclic) bond motifs is 1. The zero-order valence-electron chi connectivity index (χ0n) is 11.5. The third-order valence-corrected chi connectivity index (χ3v) is 3.45. The van der Waals surface area contributed by atoms with Crippen molar-refractivity contribution < 1.29 is 14.3 Å². The van der Waals surface area contributed by atoms with Crippen LogP contribution in [0.15, 0.2) is 0 Å². The summed E-state index contributed by atoms with van der Waals surface area (Å²) in [5, 5.41) is 6.14. The Bertz CT molecular complexity index is 307. The second kappa shape index (κ2) is 5.55. The summed E-state index contributed by atoms with van der Waals surface area (Å²) in [5.41, 5.74) is 0. The fraction of sp³-hybridized carbons (Fsp3) is 0.923. The van der Waals surface area contributed by atoms with Gasteiger partial charge in [0.05, 0.1) is 0 Å². The van der Waals surface area contributed by atoms with E-state index in [1.807, 2.05) is 13.8 Å². The first-order valence-electron chi connectivity index (χ1n) is 6.90. The molecule has 2 saturated heterocycles. The Balaban J connectivity index is 1.81. The van der Waals surface area contributed by atoms with Crippen molar-refractivity contribution in [2.75, 3.05) is 13.1 Å². The molecule has 2 N–H and O–H groups in total. The van der Waals surface area contributed by atoms with Crippen molar-refractivity contribution in [2.45, 2.75) is 64.1 Å². The first-order valence-corrected chi connectivity index (χ1v) is 6.90. The molecule has 2 fully saturated rings. The normalized spacial score (nSPS) is 33.4. The molecular weight excluding hydrogens is 232 g/mol. The fourth-order valence-corrected chi connectivity index (χ4v) is 2.60. The molecule has 0 bridgehead atoms. The van der Waals surface area contributed by atoms with Gasteiger partial charge in [-0.3, -0.25) is 4.79 Å². The van der Waals surface area contributed by atoms with Gasteiger partial charge in [-0.15, -0.1) is 0 Å². The Labute approximate surface area is 109 Å². The lowest BCUT2D eigenvalue weighted by atomic mass is 10.1. The highest BCUT2D eigenvalue weighted by Gasteiger charge is 2.51. The zero-order chi connectivity index (χ0) is 13.2. The molecule has 0 aliphatic carbocycles. The summed E-state index contributed by atoms with van der Waals surface area (Å²) >= 11 is 0. The van der Waals surface area contributed by atoms with E-state index in [0.717, 1.165) is 25.8 Å². The molecule has 2 heterocycles. The number of unbranched alkanes of at least 4 members (excludes halogenated alkanes) is 2. The predicted octanol–water partition coefficient (Wildman–Crippen LogP) is 0.785. The Morgan fingerprint density at radius 2 is 2.17 bits per heavy atom. The molecule has 1 amide bonds. The van der Waals surface area contributed by atoms with Crippen LogP contribution in [0.4, 0.5) is 0 Å². The number of amides is 1. The highest BCUT2D eigenvalue weighted by molar-refractivity contribution is 5.83. The van der Waals surface area contributed by atoms with E-state index < -0.39 is 5.79 Å². The van der Waals surface area contributed by atoms with Gasteiger partial charge in [0.25, 0.3) is 0 Å². The quantitative estimate of drug-likeness (QED) is 0.714. The van der Waals surface area contributed by atoms with Crippen molar-refractivity contribution >= 4 is 5.91 Å². The first kappa shape index (κ1) is 13.8. The van der Waals surface area contributed by atoms with Crippen LogP contribution in [-0.2, 0) is 14.3 Å². The van der Waals surface area contributed by atoms with Gasteiger partial charge in [0.2, 0.25) is 5.91 Å². The predicted molar refractivity (Wildman–Crippen MR) is 68.2 cm³/mol. The lowest BCUT2D eigenvalue weighted by molar-refractivity contribution is -0.155. The molecule has 2 rings (SSSR count). The van der Waals surface area contributed by atoms with Crippen LogP contribution in [0, 0.1) is 0 Å². The van der Waals surface area contributed by atoms with Crippen molar-refractivity contribution in [2.24, 2.45) is 0 Å². The molecule has 0 aromatic carbocycles. The third-order valence-electron chi connectivity index (χ3n) is 3.45. The van der Waals surface area contributed by atoms with Crippen LogP contribution in [0.25, 0.3) is 0 Å². The second-order valence-corrected chi connectivity index (χ2v) is 5.52. The number of ether oxygens (including phenoxy) is 2. The lowest BCUT2D eigenvalue weighted by Crippen LogP contribution is -2.47. The number of nitrogens with one attached hydrogen (secondary N) is 2. The maximum atomic E-state index is 12.1. The van der Waals surface area contributed by atoms with Gasteiger partial charge in [-0.2, -0.15) is 0 Å². The number of rotatable bonds is 5. The topological polar surface area (TPSA) is 59.6 Å². The van der Waals surface area contributed by atoms with Crippen molar-refractivity contribution in [1.29, 1.82) is 0 Å². The molecule has 0 aromatic rings. The smallest absolute Gasteiger partial charge is 0.239 e. The summed E-state index contributed by atoms with van der Waals surface area (Å²) in [6.07, 6.45) is 3.17. The van der Waals surface area contributed by atoms with Crippen molar-refractivity contribution in [3.05, 3.63) is 0 Å². The SMILES string of the molecule is CCCCCNC(=O)[C@H]1NC[C@@H]2OC(C)(C)O[C@@H]21. The van der Waals surface area contributed by atoms with Crippen molar-refractivity contribution in [1.82, 2.24) is 10.6 Å². The molecule has 104 valence electrons. The average Bonchev–Trinajstić information content (AvgIpc) is 2.79. The largest absolute Gasteiger partial charge is 0.355 e. The van der Waals surface area contributed by atoms with Crippen LogP contribution in [0.5, 0.6) is 0 Å². The minimum atomic E-state index is -0.571. The molecule has 0 aromatic heterocycles. The van der Waals surface area contributed by atoms with Gasteiger partial charge in [-0.1, -0.05) is 19.8 Å². The Morgan fingerprint density at radius 1 is 1.39 bits per heavy atom. The van der Waals surface area contributed by atoms with Gasteiger partial charge in [-0.25, -0.2) is 0 Å². The fourth-order valence-electron chi connectivity index (χ4n) is 2.60. The molecule has 0 unspecified atom stereocenters. The van der Waals surface area contributed by atoms with Crippen LogP contribution in [0.2, 0.25) is 0 Å². The molecule has 0 radical (unpaired) electrons. The maximum absolute atomic E-state index is 12.1. The Hall–Kier alpha value is -0.650. The van der Waals surface area contributed by atoms with Crippen LogP contribution >= 0.6 is 0 Å². The van der Waals surface area contributed by atoms with E-state index >= 15 is 0 Å². The number of carbonyl (C=O) groups is 1. The van der Waals surface area contributed by atoms with Crippen LogP contribution in [-0.4, -0.2) is 43.0 Å². The summed E-state index contributed by atoms with van der Waals surface area (Å²) in [4.78, 5) is 12.1. The van der Waals surface area contributed by atoms with E-state index in [1.165, 1.54) is 0 Å². The minimum absolute atomic E-state index is 0.00797. The molecule has 2 aliphatic rings. The zero-order valence-corrected chi connectivity index (χ0v) is 11.5. The summed E-state index contributed by atoms with van der Waals surface area (Å²) < 4.78 is 11.5. The van der Waals surface area contributed by atoms with E-state index in [9.17, 15) is 4.79 Å². The minimum Gasteiger partial charge on any atom is -0.355 e. The molecule has 18 heavy (non-hydrogen) atoms. The van der Waals surface area contributed by atoms with Gasteiger partial charge in [0.15, 0.2) is 5.79 Å². The molecule has 2 aliphatic heterocycles. The van der Waals surface area contributed by atoms with E-state index in [-0.39, 0.29) is 24.2 Å². The standard InChI is InChI=1S/C13H24N2O3/c1-4-5-6-7-14-12(16)10-11-9(8-15-10)17-13(2,3)18-11/h9-11,15H,4-8H2,1-3H3,(H,14,16)/t9-,10-,11-/m0/s1. The molecular formula is C13H24N2O3. The van der Waals surface area contributed by atoms with E-state index in [2.05, 4.69) is 17.6 Å². The summed E-state index contributed by atoms with van der Waals surface area (Å²) in [7, 11) is 0. The third kappa shape index (κ3) is 3.02. The molecule has 5 nitrogen and oxygen atoms in total. The molecule has 0 saturated carbocycles. The van der Waals surface area contributed by atoms with Gasteiger partial charge in [-0.05, 0) is 20.3 Å². The number of hydrogen-bond acceptors (Lipinski definition) is 4. The van der Waals surface area contributed by atoms with Crippen LogP contribution < -0.4 is 10.6 Å². The molecule has 0 spiro atoms. The van der Waals surface area contributed by atoms with Gasteiger partial charge in [0.1, 0.15) is 18.2 Å².